The van der Waals surface area contributed by atoms with Gasteiger partial charge in [0.1, 0.15) is 11.4 Å². The monoisotopic (exact) mass is 319 g/mol. The number of rotatable bonds is 6. The summed E-state index contributed by atoms with van der Waals surface area (Å²) in [6, 6.07) is 6.03. The number of amides is 1. The van der Waals surface area contributed by atoms with Crippen molar-refractivity contribution in [3.63, 3.8) is 0 Å². The van der Waals surface area contributed by atoms with E-state index in [1.54, 1.807) is 32.9 Å². The first-order chi connectivity index (χ1) is 10.2. The van der Waals surface area contributed by atoms with E-state index in [4.69, 9.17) is 4.74 Å². The maximum atomic E-state index is 12.7. The third-order valence-electron chi connectivity index (χ3n) is 2.45. The molecule has 0 saturated heterocycles. The van der Waals surface area contributed by atoms with Crippen molar-refractivity contribution in [2.24, 2.45) is 0 Å². The third kappa shape index (κ3) is 7.19. The number of alkyl carbamates (subject to hydrolysis) is 1. The fourth-order valence-corrected chi connectivity index (χ4v) is 1.54. The fourth-order valence-electron chi connectivity index (χ4n) is 1.54. The Kier molecular flexibility index (Phi) is 6.52. The Bertz CT molecular complexity index is 472. The quantitative estimate of drug-likeness (QED) is 0.870. The van der Waals surface area contributed by atoms with Gasteiger partial charge in [0, 0.05) is 6.54 Å². The van der Waals surface area contributed by atoms with E-state index in [-0.39, 0.29) is 5.75 Å². The number of hydrogen-bond acceptors (Lipinski definition) is 3. The molecule has 1 amide bonds. The zero-order valence-electron chi connectivity index (χ0n) is 12.7. The minimum Gasteiger partial charge on any atom is -0.454 e. The number of nitrogens with one attached hydrogen (secondary N) is 1. The fraction of sp³-hybridized carbons (Fsp3) is 0.533. The number of carbonyl (C=O) groups excluding carboxylic acids is 1. The Balaban J connectivity index is 2.37. The summed E-state index contributed by atoms with van der Waals surface area (Å²) in [5.41, 5.74) is 0.285. The highest BCUT2D eigenvalue weighted by molar-refractivity contribution is 5.67. The molecule has 1 aromatic rings. The molecule has 1 atom stereocenters. The molecule has 22 heavy (non-hydrogen) atoms. The van der Waals surface area contributed by atoms with Gasteiger partial charge in [0.25, 0.3) is 6.36 Å². The molecule has 0 aliphatic rings. The molecule has 1 unspecified atom stereocenters. The van der Waals surface area contributed by atoms with E-state index in [0.29, 0.717) is 13.0 Å². The van der Waals surface area contributed by atoms with Crippen LogP contribution in [0.25, 0.3) is 0 Å². The molecular formula is C15H20F3NO3. The van der Waals surface area contributed by atoms with Crippen LogP contribution in [0.1, 0.15) is 26.3 Å². The van der Waals surface area contributed by atoms with Gasteiger partial charge in [0.15, 0.2) is 0 Å². The normalized spacial score (nSPS) is 12.9. The highest BCUT2D eigenvalue weighted by atomic mass is 19.3. The molecule has 1 rings (SSSR count). The topological polar surface area (TPSA) is 47.6 Å². The zero-order valence-corrected chi connectivity index (χ0v) is 12.7. The summed E-state index contributed by atoms with van der Waals surface area (Å²) in [6.07, 6.45) is -5.81. The highest BCUT2D eigenvalue weighted by Gasteiger charge is 2.20. The summed E-state index contributed by atoms with van der Waals surface area (Å²) in [6.45, 7) is 5.66. The average molecular weight is 319 g/mol. The minimum absolute atomic E-state index is 0.0247. The first kappa shape index (κ1) is 18.1. The van der Waals surface area contributed by atoms with Gasteiger partial charge in [-0.05, 0) is 44.9 Å². The average Bonchev–Trinajstić information content (AvgIpc) is 2.38. The lowest BCUT2D eigenvalue weighted by molar-refractivity contribution is -0.0669. The molecule has 0 bridgehead atoms. The third-order valence-corrected chi connectivity index (χ3v) is 2.45. The Morgan fingerprint density at radius 1 is 1.18 bits per heavy atom. The van der Waals surface area contributed by atoms with Crippen molar-refractivity contribution in [2.45, 2.75) is 45.6 Å². The van der Waals surface area contributed by atoms with E-state index in [2.05, 4.69) is 10.1 Å². The van der Waals surface area contributed by atoms with Crippen molar-refractivity contribution >= 4 is 6.09 Å². The molecule has 4 nitrogen and oxygen atoms in total. The smallest absolute Gasteiger partial charge is 0.407 e. The molecule has 0 aromatic heterocycles. The van der Waals surface area contributed by atoms with Crippen LogP contribution in [0, 0.1) is 0 Å². The van der Waals surface area contributed by atoms with Crippen molar-refractivity contribution in [1.29, 1.82) is 0 Å². The molecule has 1 N–H and O–H groups in total. The van der Waals surface area contributed by atoms with Crippen molar-refractivity contribution in [3.8, 4) is 5.75 Å². The first-order valence-corrected chi connectivity index (χ1v) is 6.82. The molecule has 124 valence electrons. The molecule has 0 spiro atoms. The predicted octanol–water partition coefficient (Wildman–Crippen LogP) is 3.69. The predicted molar refractivity (Wildman–Crippen MR) is 75.9 cm³/mol. The summed E-state index contributed by atoms with van der Waals surface area (Å²) >= 11 is 0. The molecule has 0 fully saturated rings. The maximum absolute atomic E-state index is 12.7. The number of alkyl halides is 3. The standard InChI is InChI=1S/C15H20F3NO3/c1-15(2,3)22-14(20)19-9-8-10-4-6-11(7-5-10)21-13(18)12(16)17/h4-7,12-13H,8-9H2,1-3H3,(H,19,20). The van der Waals surface area contributed by atoms with Crippen LogP contribution in [-0.2, 0) is 11.2 Å². The molecule has 1 aromatic carbocycles. The largest absolute Gasteiger partial charge is 0.454 e. The van der Waals surface area contributed by atoms with Gasteiger partial charge in [-0.3, -0.25) is 0 Å². The summed E-state index contributed by atoms with van der Waals surface area (Å²) in [7, 11) is 0. The van der Waals surface area contributed by atoms with E-state index in [0.717, 1.165) is 5.56 Å². The van der Waals surface area contributed by atoms with Crippen LogP contribution in [-0.4, -0.2) is 31.0 Å². The van der Waals surface area contributed by atoms with Crippen molar-refractivity contribution in [3.05, 3.63) is 29.8 Å². The second-order valence-electron chi connectivity index (χ2n) is 5.63. The van der Waals surface area contributed by atoms with Gasteiger partial charge in [-0.15, -0.1) is 0 Å². The van der Waals surface area contributed by atoms with Gasteiger partial charge in [0.05, 0.1) is 0 Å². The number of benzene rings is 1. The lowest BCUT2D eigenvalue weighted by Gasteiger charge is -2.19. The van der Waals surface area contributed by atoms with Crippen LogP contribution >= 0.6 is 0 Å². The van der Waals surface area contributed by atoms with Crippen molar-refractivity contribution in [1.82, 2.24) is 5.32 Å². The highest BCUT2D eigenvalue weighted by Crippen LogP contribution is 2.17. The summed E-state index contributed by atoms with van der Waals surface area (Å²) in [5, 5.41) is 2.60. The van der Waals surface area contributed by atoms with Gasteiger partial charge >= 0.3 is 12.5 Å². The van der Waals surface area contributed by atoms with Gasteiger partial charge < -0.3 is 14.8 Å². The van der Waals surface area contributed by atoms with Gasteiger partial charge in [-0.2, -0.15) is 4.39 Å². The van der Waals surface area contributed by atoms with E-state index < -0.39 is 24.5 Å². The van der Waals surface area contributed by atoms with E-state index in [9.17, 15) is 18.0 Å². The van der Waals surface area contributed by atoms with Crippen molar-refractivity contribution in [2.75, 3.05) is 6.54 Å². The zero-order chi connectivity index (χ0) is 16.8. The minimum atomic E-state index is -3.18. The lowest BCUT2D eigenvalue weighted by atomic mass is 10.1. The molecule has 0 radical (unpaired) electrons. The van der Waals surface area contributed by atoms with E-state index in [1.807, 2.05) is 0 Å². The van der Waals surface area contributed by atoms with Crippen LogP contribution in [0.3, 0.4) is 0 Å². The molecule has 0 aliphatic heterocycles. The Labute approximate surface area is 127 Å². The molecule has 0 heterocycles. The summed E-state index contributed by atoms with van der Waals surface area (Å²) in [4.78, 5) is 11.4. The van der Waals surface area contributed by atoms with E-state index >= 15 is 0 Å². The van der Waals surface area contributed by atoms with Crippen LogP contribution in [0.4, 0.5) is 18.0 Å². The van der Waals surface area contributed by atoms with Gasteiger partial charge in [-0.25, -0.2) is 13.6 Å². The number of carbonyl (C=O) groups is 1. The second-order valence-corrected chi connectivity index (χ2v) is 5.63. The summed E-state index contributed by atoms with van der Waals surface area (Å²) < 4.78 is 46.2. The summed E-state index contributed by atoms with van der Waals surface area (Å²) in [5.74, 6) is 0.0247. The van der Waals surface area contributed by atoms with Crippen LogP contribution in [0.5, 0.6) is 5.75 Å². The molecular weight excluding hydrogens is 299 g/mol. The van der Waals surface area contributed by atoms with Crippen LogP contribution in [0.15, 0.2) is 24.3 Å². The van der Waals surface area contributed by atoms with Gasteiger partial charge in [0.2, 0.25) is 0 Å². The Hall–Kier alpha value is -1.92. The molecule has 7 heteroatoms. The van der Waals surface area contributed by atoms with Crippen molar-refractivity contribution < 1.29 is 27.4 Å². The van der Waals surface area contributed by atoms with Gasteiger partial charge in [-0.1, -0.05) is 12.1 Å². The second kappa shape index (κ2) is 7.91. The molecule has 0 aliphatic carbocycles. The Morgan fingerprint density at radius 3 is 2.27 bits per heavy atom. The van der Waals surface area contributed by atoms with Crippen LogP contribution in [0.2, 0.25) is 0 Å². The first-order valence-electron chi connectivity index (χ1n) is 6.82. The number of hydrogen-bond donors (Lipinski definition) is 1. The number of halogens is 3. The molecule has 0 saturated carbocycles. The number of ether oxygens (including phenoxy) is 2. The SMILES string of the molecule is CC(C)(C)OC(=O)NCCc1ccc(OC(F)C(F)F)cc1. The Morgan fingerprint density at radius 2 is 1.77 bits per heavy atom. The van der Waals surface area contributed by atoms with E-state index in [1.165, 1.54) is 12.1 Å². The van der Waals surface area contributed by atoms with Crippen LogP contribution < -0.4 is 10.1 Å². The maximum Gasteiger partial charge on any atom is 0.407 e. The lowest BCUT2D eigenvalue weighted by Crippen LogP contribution is -2.33.